The zero-order chi connectivity index (χ0) is 11.1. The van der Waals surface area contributed by atoms with Crippen molar-refractivity contribution < 1.29 is 13.2 Å². The van der Waals surface area contributed by atoms with Crippen molar-refractivity contribution in [3.63, 3.8) is 0 Å². The number of aromatic nitrogens is 2. The highest BCUT2D eigenvalue weighted by Crippen LogP contribution is 2.36. The standard InChI is InChI=1S/C9H9F3N2S/c1-14-6(7-3-2-4-15-7)5-8(13-14)9(10,11)12/h3,5H,2,4H2,1H3. The minimum absolute atomic E-state index is 0.546. The van der Waals surface area contributed by atoms with Crippen LogP contribution in [0, 0.1) is 0 Å². The molecule has 0 radical (unpaired) electrons. The fraction of sp³-hybridized carbons (Fsp3) is 0.444. The van der Waals surface area contributed by atoms with E-state index in [4.69, 9.17) is 0 Å². The summed E-state index contributed by atoms with van der Waals surface area (Å²) in [6.45, 7) is 0. The van der Waals surface area contributed by atoms with Crippen LogP contribution in [0.15, 0.2) is 12.1 Å². The van der Waals surface area contributed by atoms with Crippen LogP contribution in [-0.2, 0) is 13.2 Å². The molecule has 2 nitrogen and oxygen atoms in total. The number of allylic oxidation sites excluding steroid dienone is 1. The Hall–Kier alpha value is -0.910. The number of hydrogen-bond acceptors (Lipinski definition) is 2. The number of hydrogen-bond donors (Lipinski definition) is 0. The second-order valence-electron chi connectivity index (χ2n) is 3.24. The number of halogens is 3. The fourth-order valence-electron chi connectivity index (χ4n) is 1.43. The van der Waals surface area contributed by atoms with Gasteiger partial charge in [0, 0.05) is 17.7 Å². The highest BCUT2D eigenvalue weighted by atomic mass is 32.2. The van der Waals surface area contributed by atoms with Gasteiger partial charge in [-0.05, 0) is 12.5 Å². The Bertz CT molecular complexity index is 406. The molecule has 0 unspecified atom stereocenters. The lowest BCUT2D eigenvalue weighted by molar-refractivity contribution is -0.141. The molecule has 0 N–H and O–H groups in total. The van der Waals surface area contributed by atoms with E-state index < -0.39 is 11.9 Å². The monoisotopic (exact) mass is 234 g/mol. The van der Waals surface area contributed by atoms with Gasteiger partial charge in [-0.2, -0.15) is 18.3 Å². The quantitative estimate of drug-likeness (QED) is 0.743. The normalized spacial score (nSPS) is 16.9. The predicted octanol–water partition coefficient (Wildman–Crippen LogP) is 2.92. The molecule has 6 heteroatoms. The van der Waals surface area contributed by atoms with Crippen LogP contribution in [0.4, 0.5) is 13.2 Å². The van der Waals surface area contributed by atoms with E-state index in [-0.39, 0.29) is 0 Å². The van der Waals surface area contributed by atoms with Gasteiger partial charge in [-0.3, -0.25) is 4.68 Å². The zero-order valence-corrected chi connectivity index (χ0v) is 8.82. The molecule has 0 aromatic carbocycles. The van der Waals surface area contributed by atoms with E-state index in [0.29, 0.717) is 5.69 Å². The molecule has 82 valence electrons. The molecule has 1 aliphatic heterocycles. The predicted molar refractivity (Wildman–Crippen MR) is 53.3 cm³/mol. The van der Waals surface area contributed by atoms with Crippen LogP contribution >= 0.6 is 11.8 Å². The van der Waals surface area contributed by atoms with Crippen molar-refractivity contribution in [3.8, 4) is 0 Å². The third-order valence-corrected chi connectivity index (χ3v) is 3.25. The van der Waals surface area contributed by atoms with Crippen molar-refractivity contribution in [3.05, 3.63) is 23.5 Å². The maximum atomic E-state index is 12.4. The smallest absolute Gasteiger partial charge is 0.267 e. The van der Waals surface area contributed by atoms with Crippen LogP contribution in [0.3, 0.4) is 0 Å². The summed E-state index contributed by atoms with van der Waals surface area (Å²) in [7, 11) is 1.53. The summed E-state index contributed by atoms with van der Waals surface area (Å²) >= 11 is 1.57. The molecule has 0 bridgehead atoms. The van der Waals surface area contributed by atoms with E-state index in [2.05, 4.69) is 5.10 Å². The molecule has 1 aromatic heterocycles. The van der Waals surface area contributed by atoms with Crippen molar-refractivity contribution in [2.24, 2.45) is 7.05 Å². The first-order chi connectivity index (χ1) is 6.98. The van der Waals surface area contributed by atoms with Gasteiger partial charge in [0.05, 0.1) is 5.69 Å². The molecule has 0 atom stereocenters. The van der Waals surface area contributed by atoms with Gasteiger partial charge in [0.1, 0.15) is 0 Å². The third kappa shape index (κ3) is 2.04. The molecular formula is C9H9F3N2S. The largest absolute Gasteiger partial charge is 0.435 e. The van der Waals surface area contributed by atoms with Crippen molar-refractivity contribution in [1.29, 1.82) is 0 Å². The molecule has 0 amide bonds. The lowest BCUT2D eigenvalue weighted by Crippen LogP contribution is -2.06. The molecule has 0 spiro atoms. The number of thioether (sulfide) groups is 1. The summed E-state index contributed by atoms with van der Waals surface area (Å²) in [5.74, 6) is 0.932. The number of aryl methyl sites for hydroxylation is 1. The van der Waals surface area contributed by atoms with Crippen molar-refractivity contribution in [2.45, 2.75) is 12.6 Å². The summed E-state index contributed by atoms with van der Waals surface area (Å²) in [5, 5.41) is 3.46. The van der Waals surface area contributed by atoms with E-state index in [1.54, 1.807) is 11.8 Å². The topological polar surface area (TPSA) is 17.8 Å². The molecule has 0 aliphatic carbocycles. The first kappa shape index (κ1) is 10.6. The Morgan fingerprint density at radius 3 is 2.67 bits per heavy atom. The average Bonchev–Trinajstić information content (AvgIpc) is 2.69. The summed E-state index contributed by atoms with van der Waals surface area (Å²) in [6, 6.07) is 1.10. The molecule has 15 heavy (non-hydrogen) atoms. The summed E-state index contributed by atoms with van der Waals surface area (Å²) in [4.78, 5) is 0.889. The van der Waals surface area contributed by atoms with Crippen LogP contribution < -0.4 is 0 Å². The van der Waals surface area contributed by atoms with Crippen LogP contribution in [0.25, 0.3) is 4.91 Å². The average molecular weight is 234 g/mol. The minimum Gasteiger partial charge on any atom is -0.267 e. The number of alkyl halides is 3. The highest BCUT2D eigenvalue weighted by molar-refractivity contribution is 8.08. The van der Waals surface area contributed by atoms with Gasteiger partial charge in [-0.15, -0.1) is 11.8 Å². The van der Waals surface area contributed by atoms with Gasteiger partial charge in [-0.1, -0.05) is 6.08 Å². The minimum atomic E-state index is -4.36. The number of rotatable bonds is 1. The molecule has 1 aromatic rings. The zero-order valence-electron chi connectivity index (χ0n) is 8.01. The third-order valence-electron chi connectivity index (χ3n) is 2.13. The van der Waals surface area contributed by atoms with Crippen molar-refractivity contribution in [2.75, 3.05) is 5.75 Å². The second-order valence-corrected chi connectivity index (χ2v) is 4.38. The van der Waals surface area contributed by atoms with E-state index >= 15 is 0 Å². The van der Waals surface area contributed by atoms with E-state index in [1.807, 2.05) is 6.08 Å². The van der Waals surface area contributed by atoms with Gasteiger partial charge in [0.2, 0.25) is 0 Å². The van der Waals surface area contributed by atoms with Gasteiger partial charge in [0.15, 0.2) is 5.69 Å². The fourth-order valence-corrected chi connectivity index (χ4v) is 2.46. The summed E-state index contributed by atoms with van der Waals surface area (Å²) < 4.78 is 38.4. The first-order valence-electron chi connectivity index (χ1n) is 4.43. The molecule has 1 aliphatic rings. The Kier molecular flexibility index (Phi) is 2.54. The maximum absolute atomic E-state index is 12.4. The number of nitrogens with zero attached hydrogens (tertiary/aromatic N) is 2. The van der Waals surface area contributed by atoms with E-state index in [0.717, 1.165) is 23.1 Å². The van der Waals surface area contributed by atoms with E-state index in [1.165, 1.54) is 11.7 Å². The van der Waals surface area contributed by atoms with Crippen LogP contribution in [0.1, 0.15) is 17.8 Å². The first-order valence-corrected chi connectivity index (χ1v) is 5.41. The maximum Gasteiger partial charge on any atom is 0.435 e. The van der Waals surface area contributed by atoms with Crippen molar-refractivity contribution >= 4 is 16.7 Å². The molecule has 0 saturated heterocycles. The van der Waals surface area contributed by atoms with Gasteiger partial charge >= 0.3 is 6.18 Å². The molecule has 2 rings (SSSR count). The Balaban J connectivity index is 2.37. The molecule has 2 heterocycles. The summed E-state index contributed by atoms with van der Waals surface area (Å²) in [6.07, 6.45) is -1.51. The van der Waals surface area contributed by atoms with Gasteiger partial charge in [-0.25, -0.2) is 0 Å². The Labute approximate surface area is 89.2 Å². The van der Waals surface area contributed by atoms with Crippen LogP contribution in [-0.4, -0.2) is 15.5 Å². The van der Waals surface area contributed by atoms with E-state index in [9.17, 15) is 13.2 Å². The SMILES string of the molecule is Cn1nc(C(F)(F)F)cc1C1=CCCS1. The lowest BCUT2D eigenvalue weighted by Gasteiger charge is -1.99. The Morgan fingerprint density at radius 1 is 1.47 bits per heavy atom. The second kappa shape index (κ2) is 3.59. The van der Waals surface area contributed by atoms with Gasteiger partial charge < -0.3 is 0 Å². The van der Waals surface area contributed by atoms with Gasteiger partial charge in [0.25, 0.3) is 0 Å². The van der Waals surface area contributed by atoms with Crippen LogP contribution in [0.2, 0.25) is 0 Å². The van der Waals surface area contributed by atoms with Crippen LogP contribution in [0.5, 0.6) is 0 Å². The highest BCUT2D eigenvalue weighted by Gasteiger charge is 2.35. The summed E-state index contributed by atoms with van der Waals surface area (Å²) in [5.41, 5.74) is -0.279. The molecular weight excluding hydrogens is 225 g/mol. The molecule has 0 fully saturated rings. The lowest BCUT2D eigenvalue weighted by atomic mass is 10.3. The van der Waals surface area contributed by atoms with Crippen molar-refractivity contribution in [1.82, 2.24) is 9.78 Å². The Morgan fingerprint density at radius 2 is 2.20 bits per heavy atom. The molecule has 0 saturated carbocycles.